The van der Waals surface area contributed by atoms with Gasteiger partial charge in [0.25, 0.3) is 0 Å². The minimum atomic E-state index is -0.216. The molecule has 134 valence electrons. The number of benzene rings is 1. The molecule has 25 heavy (non-hydrogen) atoms. The maximum Gasteiger partial charge on any atom is 0.315 e. The molecule has 1 aliphatic rings. The summed E-state index contributed by atoms with van der Waals surface area (Å²) in [7, 11) is 0. The van der Waals surface area contributed by atoms with Crippen LogP contribution in [-0.4, -0.2) is 41.8 Å². The molecule has 2 unspecified atom stereocenters. The van der Waals surface area contributed by atoms with Crippen molar-refractivity contribution in [2.45, 2.75) is 25.6 Å². The number of amides is 2. The first-order valence-corrected chi connectivity index (χ1v) is 8.67. The monoisotopic (exact) mass is 343 g/mol. The quantitative estimate of drug-likeness (QED) is 0.749. The van der Waals surface area contributed by atoms with Gasteiger partial charge in [-0.2, -0.15) is 0 Å². The molecule has 1 fully saturated rings. The van der Waals surface area contributed by atoms with Crippen LogP contribution in [0.4, 0.5) is 4.79 Å². The van der Waals surface area contributed by atoms with Crippen molar-refractivity contribution >= 4 is 6.03 Å². The van der Waals surface area contributed by atoms with Crippen LogP contribution in [0, 0.1) is 5.92 Å². The molecular formula is C19H25N3O3. The van der Waals surface area contributed by atoms with Gasteiger partial charge in [-0.1, -0.05) is 30.3 Å². The van der Waals surface area contributed by atoms with E-state index in [1.165, 1.54) is 5.56 Å². The molecule has 0 aliphatic carbocycles. The molecular weight excluding hydrogens is 318 g/mol. The Morgan fingerprint density at radius 3 is 2.80 bits per heavy atom. The smallest absolute Gasteiger partial charge is 0.315 e. The highest BCUT2D eigenvalue weighted by atomic mass is 16.3. The average Bonchev–Trinajstić information content (AvgIpc) is 3.15. The molecule has 2 heterocycles. The highest BCUT2D eigenvalue weighted by molar-refractivity contribution is 5.74. The number of furan rings is 1. The molecule has 2 atom stereocenters. The van der Waals surface area contributed by atoms with E-state index in [2.05, 4.69) is 27.7 Å². The van der Waals surface area contributed by atoms with Gasteiger partial charge in [-0.3, -0.25) is 4.90 Å². The molecule has 0 bridgehead atoms. The molecule has 6 nitrogen and oxygen atoms in total. The number of nitrogens with one attached hydrogen (secondary N) is 2. The Bertz CT molecular complexity index is 645. The summed E-state index contributed by atoms with van der Waals surface area (Å²) in [4.78, 5) is 14.5. The summed E-state index contributed by atoms with van der Waals surface area (Å²) < 4.78 is 4.99. The van der Waals surface area contributed by atoms with Gasteiger partial charge in [-0.15, -0.1) is 0 Å². The summed E-state index contributed by atoms with van der Waals surface area (Å²) in [5.74, 6) is 0.0895. The van der Waals surface area contributed by atoms with Crippen molar-refractivity contribution in [3.63, 3.8) is 0 Å². The van der Waals surface area contributed by atoms with Crippen LogP contribution in [0.1, 0.15) is 17.5 Å². The second kappa shape index (κ2) is 8.69. The summed E-state index contributed by atoms with van der Waals surface area (Å²) in [6, 6.07) is 11.8. The summed E-state index contributed by atoms with van der Waals surface area (Å²) in [5.41, 5.74) is 2.18. The van der Waals surface area contributed by atoms with E-state index in [9.17, 15) is 9.90 Å². The van der Waals surface area contributed by atoms with E-state index in [0.717, 1.165) is 31.6 Å². The summed E-state index contributed by atoms with van der Waals surface area (Å²) in [5, 5.41) is 15.5. The van der Waals surface area contributed by atoms with Crippen LogP contribution in [0.25, 0.3) is 0 Å². The van der Waals surface area contributed by atoms with E-state index in [4.69, 9.17) is 4.42 Å². The van der Waals surface area contributed by atoms with Gasteiger partial charge in [0, 0.05) is 43.8 Å². The highest BCUT2D eigenvalue weighted by Gasteiger charge is 2.29. The number of hydrogen-bond donors (Lipinski definition) is 3. The van der Waals surface area contributed by atoms with E-state index >= 15 is 0 Å². The van der Waals surface area contributed by atoms with Crippen molar-refractivity contribution in [3.8, 4) is 0 Å². The van der Waals surface area contributed by atoms with Crippen LogP contribution < -0.4 is 10.6 Å². The van der Waals surface area contributed by atoms with E-state index in [1.54, 1.807) is 12.5 Å². The SMILES string of the molecule is O=C(NCc1ccoc1)NC1CN(Cc2ccccc2)CCC1CO. The lowest BCUT2D eigenvalue weighted by Gasteiger charge is -2.38. The molecule has 2 amide bonds. The first-order chi connectivity index (χ1) is 12.2. The van der Waals surface area contributed by atoms with Crippen LogP contribution in [0.15, 0.2) is 53.3 Å². The lowest BCUT2D eigenvalue weighted by atomic mass is 9.92. The van der Waals surface area contributed by atoms with E-state index in [1.807, 2.05) is 24.3 Å². The number of hydrogen-bond acceptors (Lipinski definition) is 4. The van der Waals surface area contributed by atoms with Gasteiger partial charge in [-0.05, 0) is 24.6 Å². The van der Waals surface area contributed by atoms with Gasteiger partial charge < -0.3 is 20.2 Å². The van der Waals surface area contributed by atoms with Crippen molar-refractivity contribution in [2.75, 3.05) is 19.7 Å². The van der Waals surface area contributed by atoms with Gasteiger partial charge in [0.05, 0.1) is 12.5 Å². The molecule has 0 spiro atoms. The number of nitrogens with zero attached hydrogens (tertiary/aromatic N) is 1. The van der Waals surface area contributed by atoms with Crippen LogP contribution in [0.5, 0.6) is 0 Å². The van der Waals surface area contributed by atoms with E-state index in [-0.39, 0.29) is 24.6 Å². The highest BCUT2D eigenvalue weighted by Crippen LogP contribution is 2.19. The minimum absolute atomic E-state index is 0.0631. The van der Waals surface area contributed by atoms with Gasteiger partial charge in [0.15, 0.2) is 0 Å². The molecule has 0 radical (unpaired) electrons. The van der Waals surface area contributed by atoms with Crippen molar-refractivity contribution < 1.29 is 14.3 Å². The Kier molecular flexibility index (Phi) is 6.09. The number of carbonyl (C=O) groups is 1. The van der Waals surface area contributed by atoms with Crippen LogP contribution >= 0.6 is 0 Å². The number of aliphatic hydroxyl groups is 1. The lowest BCUT2D eigenvalue weighted by molar-refractivity contribution is 0.0946. The third-order valence-corrected chi connectivity index (χ3v) is 4.67. The fourth-order valence-electron chi connectivity index (χ4n) is 3.23. The predicted molar refractivity (Wildman–Crippen MR) is 94.8 cm³/mol. The Labute approximate surface area is 147 Å². The Morgan fingerprint density at radius 1 is 1.24 bits per heavy atom. The molecule has 0 saturated carbocycles. The molecule has 1 aliphatic heterocycles. The van der Waals surface area contributed by atoms with E-state index in [0.29, 0.717) is 6.54 Å². The number of rotatable bonds is 6. The van der Waals surface area contributed by atoms with Crippen LogP contribution in [0.2, 0.25) is 0 Å². The second-order valence-electron chi connectivity index (χ2n) is 6.52. The fraction of sp³-hybridized carbons (Fsp3) is 0.421. The summed E-state index contributed by atoms with van der Waals surface area (Å²) >= 11 is 0. The first-order valence-electron chi connectivity index (χ1n) is 8.67. The number of carbonyl (C=O) groups excluding carboxylic acids is 1. The zero-order valence-corrected chi connectivity index (χ0v) is 14.2. The molecule has 1 saturated heterocycles. The summed E-state index contributed by atoms with van der Waals surface area (Å²) in [6.45, 7) is 3.03. The lowest BCUT2D eigenvalue weighted by Crippen LogP contribution is -2.55. The normalized spacial score (nSPS) is 21.0. The maximum atomic E-state index is 12.2. The molecule has 3 N–H and O–H groups in total. The molecule has 3 rings (SSSR count). The van der Waals surface area contributed by atoms with Crippen LogP contribution in [-0.2, 0) is 13.1 Å². The standard InChI is InChI=1S/C19H25N3O3/c23-13-17-6-8-22(11-15-4-2-1-3-5-15)12-18(17)21-19(24)20-10-16-7-9-25-14-16/h1-5,7,9,14,17-18,23H,6,8,10-13H2,(H2,20,21,24). The minimum Gasteiger partial charge on any atom is -0.472 e. The maximum absolute atomic E-state index is 12.2. The van der Waals surface area contributed by atoms with Crippen molar-refractivity contribution in [1.82, 2.24) is 15.5 Å². The van der Waals surface area contributed by atoms with Crippen molar-refractivity contribution in [3.05, 3.63) is 60.1 Å². The van der Waals surface area contributed by atoms with Gasteiger partial charge in [0.2, 0.25) is 0 Å². The van der Waals surface area contributed by atoms with Gasteiger partial charge in [-0.25, -0.2) is 4.79 Å². The fourth-order valence-corrected chi connectivity index (χ4v) is 3.23. The third-order valence-electron chi connectivity index (χ3n) is 4.67. The van der Waals surface area contributed by atoms with Crippen molar-refractivity contribution in [1.29, 1.82) is 0 Å². The predicted octanol–water partition coefficient (Wildman–Crippen LogP) is 1.96. The average molecular weight is 343 g/mol. The Hall–Kier alpha value is -2.31. The Morgan fingerprint density at radius 2 is 2.08 bits per heavy atom. The summed E-state index contributed by atoms with van der Waals surface area (Å²) in [6.07, 6.45) is 4.06. The molecule has 1 aromatic heterocycles. The second-order valence-corrected chi connectivity index (χ2v) is 6.52. The molecule has 6 heteroatoms. The van der Waals surface area contributed by atoms with Crippen LogP contribution in [0.3, 0.4) is 0 Å². The molecule has 2 aromatic rings. The topological polar surface area (TPSA) is 77.7 Å². The van der Waals surface area contributed by atoms with Gasteiger partial charge >= 0.3 is 6.03 Å². The number of likely N-dealkylation sites (tertiary alicyclic amines) is 1. The first kappa shape index (κ1) is 17.5. The number of aliphatic hydroxyl groups excluding tert-OH is 1. The zero-order valence-electron chi connectivity index (χ0n) is 14.2. The van der Waals surface area contributed by atoms with Gasteiger partial charge in [0.1, 0.15) is 0 Å². The number of urea groups is 1. The zero-order chi connectivity index (χ0) is 17.5. The molecule has 1 aromatic carbocycles. The largest absolute Gasteiger partial charge is 0.472 e. The number of piperidine rings is 1. The van der Waals surface area contributed by atoms with E-state index < -0.39 is 0 Å². The third kappa shape index (κ3) is 5.08. The van der Waals surface area contributed by atoms with Crippen molar-refractivity contribution in [2.24, 2.45) is 5.92 Å². The Balaban J connectivity index is 1.52.